The molecule has 0 aliphatic rings. The molecule has 0 amide bonds. The van der Waals surface area contributed by atoms with Crippen LogP contribution in [0, 0.1) is 0 Å². The molecule has 3 rings (SSSR count). The monoisotopic (exact) mass is 227 g/mol. The molecule has 0 aliphatic heterocycles. The van der Waals surface area contributed by atoms with Crippen molar-refractivity contribution in [3.8, 4) is 5.69 Å². The maximum Gasteiger partial charge on any atom is 0.114 e. The van der Waals surface area contributed by atoms with E-state index < -0.39 is 0 Å². The third-order valence-electron chi connectivity index (χ3n) is 2.68. The molecule has 1 heterocycles. The van der Waals surface area contributed by atoms with Crippen LogP contribution < -0.4 is 0 Å². The van der Waals surface area contributed by atoms with E-state index in [1.807, 2.05) is 36.4 Å². The van der Waals surface area contributed by atoms with Gasteiger partial charge in [-0.15, -0.1) is 0 Å². The van der Waals surface area contributed by atoms with Crippen LogP contribution >= 0.6 is 11.6 Å². The summed E-state index contributed by atoms with van der Waals surface area (Å²) in [7, 11) is 0. The zero-order chi connectivity index (χ0) is 11.0. The molecule has 16 heavy (non-hydrogen) atoms. The van der Waals surface area contributed by atoms with Crippen molar-refractivity contribution in [2.45, 2.75) is 0 Å². The predicted molar refractivity (Wildman–Crippen MR) is 68.3 cm³/mol. The van der Waals surface area contributed by atoms with Crippen molar-refractivity contribution in [3.63, 3.8) is 0 Å². The highest BCUT2D eigenvalue weighted by Gasteiger charge is 2.07. The summed E-state index contributed by atoms with van der Waals surface area (Å²) in [6.07, 6.45) is 0. The average molecular weight is 228 g/mol. The van der Waals surface area contributed by atoms with E-state index in [9.17, 15) is 0 Å². The van der Waals surface area contributed by atoms with E-state index >= 15 is 0 Å². The van der Waals surface area contributed by atoms with Crippen molar-refractivity contribution in [3.05, 3.63) is 65.8 Å². The van der Waals surface area contributed by atoms with Crippen LogP contribution in [0.4, 0.5) is 0 Å². The van der Waals surface area contributed by atoms with Gasteiger partial charge in [-0.05, 0) is 24.3 Å². The van der Waals surface area contributed by atoms with Crippen LogP contribution in [0.1, 0.15) is 0 Å². The normalized spacial score (nSPS) is 10.8. The highest BCUT2D eigenvalue weighted by molar-refractivity contribution is 6.31. The first kappa shape index (κ1) is 9.49. The zero-order valence-corrected chi connectivity index (χ0v) is 9.35. The van der Waals surface area contributed by atoms with E-state index in [2.05, 4.69) is 28.8 Å². The smallest absolute Gasteiger partial charge is 0.114 e. The largest absolute Gasteiger partial charge is 0.300 e. The van der Waals surface area contributed by atoms with E-state index in [1.165, 1.54) is 0 Å². The second-order valence-electron chi connectivity index (χ2n) is 3.70. The Bertz CT molecular complexity index is 626. The summed E-state index contributed by atoms with van der Waals surface area (Å²) in [6.45, 7) is 0. The summed E-state index contributed by atoms with van der Waals surface area (Å²) < 4.78 is 2.05. The van der Waals surface area contributed by atoms with Crippen molar-refractivity contribution in [1.29, 1.82) is 0 Å². The standard InChI is InChI=1S/C14H10ClN/c15-14-10-11-6-4-5-9-13(11)16(14)12-7-2-1-3-8-12/h1-10H. The molecular weight excluding hydrogens is 218 g/mol. The molecular formula is C14H10ClN. The minimum absolute atomic E-state index is 0.743. The number of fused-ring (bicyclic) bond motifs is 1. The van der Waals surface area contributed by atoms with Crippen LogP contribution in [0.3, 0.4) is 0 Å². The molecule has 0 fully saturated rings. The van der Waals surface area contributed by atoms with E-state index in [1.54, 1.807) is 0 Å². The third-order valence-corrected chi connectivity index (χ3v) is 2.96. The first-order chi connectivity index (χ1) is 7.86. The molecule has 1 aromatic heterocycles. The molecule has 0 N–H and O–H groups in total. The molecule has 0 spiro atoms. The van der Waals surface area contributed by atoms with Crippen LogP contribution in [-0.4, -0.2) is 4.57 Å². The van der Waals surface area contributed by atoms with Crippen molar-refractivity contribution in [2.24, 2.45) is 0 Å². The molecule has 0 saturated carbocycles. The Labute approximate surface area is 98.9 Å². The Morgan fingerprint density at radius 3 is 2.31 bits per heavy atom. The molecule has 78 valence electrons. The summed E-state index contributed by atoms with van der Waals surface area (Å²) in [5.41, 5.74) is 2.23. The lowest BCUT2D eigenvalue weighted by atomic mass is 10.2. The minimum Gasteiger partial charge on any atom is -0.300 e. The summed E-state index contributed by atoms with van der Waals surface area (Å²) in [5.74, 6) is 0. The van der Waals surface area contributed by atoms with Gasteiger partial charge >= 0.3 is 0 Å². The molecule has 1 nitrogen and oxygen atoms in total. The number of nitrogens with zero attached hydrogens (tertiary/aromatic N) is 1. The highest BCUT2D eigenvalue weighted by atomic mass is 35.5. The molecule has 0 atom stereocenters. The summed E-state index contributed by atoms with van der Waals surface area (Å²) in [4.78, 5) is 0. The fourth-order valence-electron chi connectivity index (χ4n) is 1.96. The second-order valence-corrected chi connectivity index (χ2v) is 4.08. The summed E-state index contributed by atoms with van der Waals surface area (Å²) in [6, 6.07) is 20.3. The van der Waals surface area contributed by atoms with Gasteiger partial charge < -0.3 is 4.57 Å². The molecule has 2 heteroatoms. The van der Waals surface area contributed by atoms with E-state index in [0.29, 0.717) is 0 Å². The Morgan fingerprint density at radius 2 is 1.50 bits per heavy atom. The Balaban J connectivity index is 2.35. The van der Waals surface area contributed by atoms with Crippen molar-refractivity contribution in [2.75, 3.05) is 0 Å². The lowest BCUT2D eigenvalue weighted by Crippen LogP contribution is -1.92. The molecule has 0 saturated heterocycles. The molecule has 0 aliphatic carbocycles. The number of benzene rings is 2. The van der Waals surface area contributed by atoms with Gasteiger partial charge in [-0.25, -0.2) is 0 Å². The minimum atomic E-state index is 0.743. The van der Waals surface area contributed by atoms with Gasteiger partial charge in [0.1, 0.15) is 5.15 Å². The molecule has 0 radical (unpaired) electrons. The number of hydrogen-bond acceptors (Lipinski definition) is 0. The Morgan fingerprint density at radius 1 is 0.812 bits per heavy atom. The first-order valence-corrected chi connectivity index (χ1v) is 5.55. The fourth-order valence-corrected chi connectivity index (χ4v) is 2.27. The molecule has 0 bridgehead atoms. The quantitative estimate of drug-likeness (QED) is 0.585. The van der Waals surface area contributed by atoms with Gasteiger partial charge in [0, 0.05) is 11.1 Å². The number of para-hydroxylation sites is 2. The van der Waals surface area contributed by atoms with Gasteiger partial charge in [-0.3, -0.25) is 0 Å². The van der Waals surface area contributed by atoms with Crippen LogP contribution in [0.2, 0.25) is 5.15 Å². The molecule has 2 aromatic carbocycles. The van der Waals surface area contributed by atoms with Crippen molar-refractivity contribution < 1.29 is 0 Å². The summed E-state index contributed by atoms with van der Waals surface area (Å²) >= 11 is 6.27. The predicted octanol–water partition coefficient (Wildman–Crippen LogP) is 4.28. The third kappa shape index (κ3) is 1.41. The maximum absolute atomic E-state index is 6.27. The number of halogens is 1. The topological polar surface area (TPSA) is 4.93 Å². The van der Waals surface area contributed by atoms with Gasteiger partial charge in [0.05, 0.1) is 5.52 Å². The van der Waals surface area contributed by atoms with E-state index in [-0.39, 0.29) is 0 Å². The van der Waals surface area contributed by atoms with Crippen molar-refractivity contribution >= 4 is 22.5 Å². The first-order valence-electron chi connectivity index (χ1n) is 5.18. The Kier molecular flexibility index (Phi) is 2.19. The van der Waals surface area contributed by atoms with Gasteiger partial charge in [-0.2, -0.15) is 0 Å². The van der Waals surface area contributed by atoms with Crippen molar-refractivity contribution in [1.82, 2.24) is 4.57 Å². The van der Waals surface area contributed by atoms with Crippen LogP contribution in [0.5, 0.6) is 0 Å². The SMILES string of the molecule is Clc1cc2ccccc2n1-c1ccccc1. The van der Waals surface area contributed by atoms with E-state index in [4.69, 9.17) is 11.6 Å². The zero-order valence-electron chi connectivity index (χ0n) is 8.60. The lowest BCUT2D eigenvalue weighted by molar-refractivity contribution is 1.13. The Hall–Kier alpha value is -1.73. The fraction of sp³-hybridized carbons (Fsp3) is 0. The highest BCUT2D eigenvalue weighted by Crippen LogP contribution is 2.27. The average Bonchev–Trinajstić information content (AvgIpc) is 2.66. The maximum atomic E-state index is 6.27. The van der Waals surface area contributed by atoms with E-state index in [0.717, 1.165) is 21.7 Å². The number of rotatable bonds is 1. The second kappa shape index (κ2) is 3.69. The lowest BCUT2D eigenvalue weighted by Gasteiger charge is -2.06. The van der Waals surface area contributed by atoms with Crippen LogP contribution in [0.25, 0.3) is 16.6 Å². The molecule has 0 unspecified atom stereocenters. The van der Waals surface area contributed by atoms with Crippen LogP contribution in [-0.2, 0) is 0 Å². The van der Waals surface area contributed by atoms with Gasteiger partial charge in [0.2, 0.25) is 0 Å². The number of aromatic nitrogens is 1. The molecule has 3 aromatic rings. The number of hydrogen-bond donors (Lipinski definition) is 0. The summed E-state index contributed by atoms with van der Waals surface area (Å²) in [5, 5.41) is 1.91. The van der Waals surface area contributed by atoms with Crippen LogP contribution in [0.15, 0.2) is 60.7 Å². The van der Waals surface area contributed by atoms with Gasteiger partial charge in [0.25, 0.3) is 0 Å². The van der Waals surface area contributed by atoms with Gasteiger partial charge in [0.15, 0.2) is 0 Å². The van der Waals surface area contributed by atoms with Gasteiger partial charge in [-0.1, -0.05) is 48.0 Å².